The van der Waals surface area contributed by atoms with Crippen LogP contribution in [0.3, 0.4) is 0 Å². The second-order valence-corrected chi connectivity index (χ2v) is 7.02. The Balaban J connectivity index is 4.04. The fraction of sp³-hybridized carbons (Fsp3) is 0.857. The molecule has 20 heavy (non-hydrogen) atoms. The maximum Gasteiger partial charge on any atom is 0.315 e. The summed E-state index contributed by atoms with van der Waals surface area (Å²) in [7, 11) is 0. The molecule has 6 heteroatoms. The Hall–Kier alpha value is -1.46. The molecule has 0 aliphatic rings. The number of nitrogens with one attached hydrogen (secondary N) is 4. The first-order chi connectivity index (χ1) is 8.91. The molecule has 4 amide bonds. The lowest BCUT2D eigenvalue weighted by molar-refractivity contribution is 0.223. The van der Waals surface area contributed by atoms with Crippen molar-refractivity contribution in [3.05, 3.63) is 0 Å². The molecular formula is C14H30N4O2. The minimum Gasteiger partial charge on any atom is -0.338 e. The van der Waals surface area contributed by atoms with Crippen LogP contribution >= 0.6 is 0 Å². The van der Waals surface area contributed by atoms with Crippen LogP contribution in [0.25, 0.3) is 0 Å². The zero-order valence-electron chi connectivity index (χ0n) is 13.8. The van der Waals surface area contributed by atoms with E-state index in [1.54, 1.807) is 0 Å². The van der Waals surface area contributed by atoms with Gasteiger partial charge >= 0.3 is 12.1 Å². The molecule has 4 N–H and O–H groups in total. The van der Waals surface area contributed by atoms with Gasteiger partial charge in [-0.1, -0.05) is 0 Å². The molecule has 0 aliphatic carbocycles. The monoisotopic (exact) mass is 286 g/mol. The van der Waals surface area contributed by atoms with Crippen LogP contribution in [-0.4, -0.2) is 35.7 Å². The average molecular weight is 286 g/mol. The topological polar surface area (TPSA) is 82.3 Å². The van der Waals surface area contributed by atoms with E-state index in [1.165, 1.54) is 0 Å². The molecule has 0 radical (unpaired) electrons. The molecule has 0 aromatic carbocycles. The van der Waals surface area contributed by atoms with Gasteiger partial charge in [-0.15, -0.1) is 0 Å². The first-order valence-corrected chi connectivity index (χ1v) is 7.06. The van der Waals surface area contributed by atoms with Crippen LogP contribution < -0.4 is 21.3 Å². The SMILES string of the molecule is CC(C)NC(=O)NC(C)(C)CCNC(=O)NC(C)(C)C. The molecule has 0 aromatic heterocycles. The number of hydrogen-bond acceptors (Lipinski definition) is 2. The zero-order chi connectivity index (χ0) is 16.0. The Morgan fingerprint density at radius 3 is 1.95 bits per heavy atom. The normalized spacial score (nSPS) is 12.0. The van der Waals surface area contributed by atoms with Crippen molar-refractivity contribution < 1.29 is 9.59 Å². The summed E-state index contributed by atoms with van der Waals surface area (Å²) < 4.78 is 0. The van der Waals surface area contributed by atoms with Crippen molar-refractivity contribution in [2.75, 3.05) is 6.54 Å². The van der Waals surface area contributed by atoms with Crippen molar-refractivity contribution in [1.29, 1.82) is 0 Å². The molecular weight excluding hydrogens is 256 g/mol. The van der Waals surface area contributed by atoms with Gasteiger partial charge in [0, 0.05) is 23.7 Å². The maximum atomic E-state index is 11.6. The fourth-order valence-electron chi connectivity index (χ4n) is 1.54. The van der Waals surface area contributed by atoms with Gasteiger partial charge in [0.2, 0.25) is 0 Å². The zero-order valence-corrected chi connectivity index (χ0v) is 13.8. The summed E-state index contributed by atoms with van der Waals surface area (Å²) in [5.74, 6) is 0. The third-order valence-electron chi connectivity index (χ3n) is 2.40. The predicted octanol–water partition coefficient (Wildman–Crippen LogP) is 1.96. The lowest BCUT2D eigenvalue weighted by Gasteiger charge is -2.27. The number of hydrogen-bond donors (Lipinski definition) is 4. The molecule has 0 aliphatic heterocycles. The van der Waals surface area contributed by atoms with Gasteiger partial charge in [-0.25, -0.2) is 9.59 Å². The molecule has 118 valence electrons. The summed E-state index contributed by atoms with van der Waals surface area (Å²) in [5.41, 5.74) is -0.636. The molecule has 0 heterocycles. The van der Waals surface area contributed by atoms with E-state index >= 15 is 0 Å². The van der Waals surface area contributed by atoms with Crippen molar-refractivity contribution in [1.82, 2.24) is 21.3 Å². The summed E-state index contributed by atoms with van der Waals surface area (Å²) in [4.78, 5) is 23.2. The van der Waals surface area contributed by atoms with Crippen molar-refractivity contribution in [2.24, 2.45) is 0 Å². The molecule has 0 fully saturated rings. The maximum absolute atomic E-state index is 11.6. The average Bonchev–Trinajstić information content (AvgIpc) is 2.10. The minimum absolute atomic E-state index is 0.0986. The van der Waals surface area contributed by atoms with Gasteiger partial charge in [-0.2, -0.15) is 0 Å². The molecule has 0 atom stereocenters. The van der Waals surface area contributed by atoms with Crippen LogP contribution in [0, 0.1) is 0 Å². The van der Waals surface area contributed by atoms with Crippen LogP contribution in [0.4, 0.5) is 9.59 Å². The third-order valence-corrected chi connectivity index (χ3v) is 2.40. The standard InChI is InChI=1S/C14H30N4O2/c1-10(2)16-12(20)18-14(6,7)8-9-15-11(19)17-13(3,4)5/h10H,8-9H2,1-7H3,(H2,15,17,19)(H2,16,18,20). The van der Waals surface area contributed by atoms with Crippen molar-refractivity contribution in [3.8, 4) is 0 Å². The summed E-state index contributed by atoms with van der Waals surface area (Å²) in [6, 6.07) is -0.287. The molecule has 0 saturated carbocycles. The molecule has 0 aromatic rings. The van der Waals surface area contributed by atoms with E-state index < -0.39 is 0 Å². The van der Waals surface area contributed by atoms with Crippen LogP contribution in [0.1, 0.15) is 54.9 Å². The van der Waals surface area contributed by atoms with Gasteiger partial charge in [0.25, 0.3) is 0 Å². The van der Waals surface area contributed by atoms with Crippen LogP contribution in [0.5, 0.6) is 0 Å². The van der Waals surface area contributed by atoms with Gasteiger partial charge in [0.05, 0.1) is 0 Å². The lowest BCUT2D eigenvalue weighted by Crippen LogP contribution is -2.52. The lowest BCUT2D eigenvalue weighted by atomic mass is 10.0. The quantitative estimate of drug-likeness (QED) is 0.623. The van der Waals surface area contributed by atoms with Crippen LogP contribution in [-0.2, 0) is 0 Å². The third kappa shape index (κ3) is 10.5. The van der Waals surface area contributed by atoms with E-state index in [1.807, 2.05) is 48.5 Å². The van der Waals surface area contributed by atoms with Crippen molar-refractivity contribution in [2.45, 2.75) is 72.0 Å². The van der Waals surface area contributed by atoms with E-state index in [0.29, 0.717) is 13.0 Å². The van der Waals surface area contributed by atoms with Gasteiger partial charge < -0.3 is 21.3 Å². The number of rotatable bonds is 5. The summed E-state index contributed by atoms with van der Waals surface area (Å²) >= 11 is 0. The number of urea groups is 2. The van der Waals surface area contributed by atoms with E-state index in [9.17, 15) is 9.59 Å². The highest BCUT2D eigenvalue weighted by molar-refractivity contribution is 5.75. The fourth-order valence-corrected chi connectivity index (χ4v) is 1.54. The van der Waals surface area contributed by atoms with Gasteiger partial charge in [0.15, 0.2) is 0 Å². The Morgan fingerprint density at radius 1 is 0.950 bits per heavy atom. The number of amides is 4. The van der Waals surface area contributed by atoms with Gasteiger partial charge in [-0.05, 0) is 54.9 Å². The predicted molar refractivity (Wildman–Crippen MR) is 81.8 cm³/mol. The summed E-state index contributed by atoms with van der Waals surface area (Å²) in [5, 5.41) is 11.3. The van der Waals surface area contributed by atoms with Crippen LogP contribution in [0.15, 0.2) is 0 Å². The highest BCUT2D eigenvalue weighted by Crippen LogP contribution is 2.07. The molecule has 0 unspecified atom stereocenters. The Bertz CT molecular complexity index is 333. The highest BCUT2D eigenvalue weighted by Gasteiger charge is 2.21. The molecule has 0 saturated heterocycles. The van der Waals surface area contributed by atoms with Crippen molar-refractivity contribution in [3.63, 3.8) is 0 Å². The largest absolute Gasteiger partial charge is 0.338 e. The molecule has 0 rings (SSSR count). The Morgan fingerprint density at radius 2 is 1.50 bits per heavy atom. The van der Waals surface area contributed by atoms with Gasteiger partial charge in [0.1, 0.15) is 0 Å². The van der Waals surface area contributed by atoms with E-state index in [2.05, 4.69) is 21.3 Å². The molecule has 0 spiro atoms. The first-order valence-electron chi connectivity index (χ1n) is 7.06. The summed E-state index contributed by atoms with van der Waals surface area (Å²) in [6.07, 6.45) is 0.649. The molecule has 6 nitrogen and oxygen atoms in total. The summed E-state index contributed by atoms with van der Waals surface area (Å²) in [6.45, 7) is 13.9. The van der Waals surface area contributed by atoms with Gasteiger partial charge in [-0.3, -0.25) is 0 Å². The van der Waals surface area contributed by atoms with E-state index in [-0.39, 0.29) is 29.2 Å². The van der Waals surface area contributed by atoms with E-state index in [0.717, 1.165) is 0 Å². The first kappa shape index (κ1) is 18.5. The number of carbonyl (C=O) groups excluding carboxylic acids is 2. The molecule has 0 bridgehead atoms. The number of carbonyl (C=O) groups is 2. The minimum atomic E-state index is -0.381. The van der Waals surface area contributed by atoms with Crippen LogP contribution in [0.2, 0.25) is 0 Å². The van der Waals surface area contributed by atoms with E-state index in [4.69, 9.17) is 0 Å². The second-order valence-electron chi connectivity index (χ2n) is 7.02. The Kier molecular flexibility index (Phi) is 6.82. The second kappa shape index (κ2) is 7.36. The van der Waals surface area contributed by atoms with Crippen molar-refractivity contribution >= 4 is 12.1 Å². The highest BCUT2D eigenvalue weighted by atomic mass is 16.2. The Labute approximate surface area is 122 Å². The smallest absolute Gasteiger partial charge is 0.315 e.